The maximum Gasteiger partial charge on any atom is 0.358 e. The molecular formula is C14H15BrN4O4. The van der Waals surface area contributed by atoms with Gasteiger partial charge in [0.15, 0.2) is 5.69 Å². The van der Waals surface area contributed by atoms with Crippen LogP contribution < -0.4 is 10.1 Å². The van der Waals surface area contributed by atoms with E-state index in [9.17, 15) is 9.59 Å². The molecule has 0 aliphatic rings. The number of halogens is 1. The van der Waals surface area contributed by atoms with Gasteiger partial charge in [-0.15, -0.1) is 5.10 Å². The van der Waals surface area contributed by atoms with Crippen LogP contribution in [0, 0.1) is 0 Å². The van der Waals surface area contributed by atoms with Gasteiger partial charge in [-0.05, 0) is 35.0 Å². The highest BCUT2D eigenvalue weighted by Gasteiger charge is 2.12. The molecule has 1 amide bonds. The van der Waals surface area contributed by atoms with Crippen molar-refractivity contribution in [3.05, 3.63) is 40.6 Å². The number of amides is 1. The van der Waals surface area contributed by atoms with Crippen molar-refractivity contribution in [3.8, 4) is 5.75 Å². The second-order valence-electron chi connectivity index (χ2n) is 4.77. The number of hydrogen-bond donors (Lipinski definition) is 2. The number of carboxylic acid groups (broad SMARTS) is 1. The lowest BCUT2D eigenvalue weighted by Gasteiger charge is -2.16. The van der Waals surface area contributed by atoms with E-state index in [1.807, 2.05) is 31.2 Å². The fraction of sp³-hybridized carbons (Fsp3) is 0.286. The first-order valence-corrected chi connectivity index (χ1v) is 7.56. The zero-order valence-electron chi connectivity index (χ0n) is 12.3. The number of carboxylic acids is 1. The minimum atomic E-state index is -1.19. The highest BCUT2D eigenvalue weighted by molar-refractivity contribution is 9.10. The van der Waals surface area contributed by atoms with Gasteiger partial charge in [-0.1, -0.05) is 17.3 Å². The summed E-state index contributed by atoms with van der Waals surface area (Å²) in [5, 5.41) is 18.4. The molecule has 122 valence electrons. The molecule has 0 saturated carbocycles. The van der Waals surface area contributed by atoms with Gasteiger partial charge in [-0.25, -0.2) is 9.48 Å². The Balaban J connectivity index is 1.79. The number of carbonyl (C=O) groups is 2. The Labute approximate surface area is 140 Å². The van der Waals surface area contributed by atoms with Gasteiger partial charge in [0.2, 0.25) is 5.91 Å². The van der Waals surface area contributed by atoms with E-state index < -0.39 is 5.97 Å². The standard InChI is InChI=1S/C14H15BrN4O4/c1-9(23-12-5-3-2-4-10(12)15)6-16-13(20)8-19-7-11(14(21)22)17-18-19/h2-5,7,9H,6,8H2,1H3,(H,16,20)(H,21,22). The quantitative estimate of drug-likeness (QED) is 0.747. The highest BCUT2D eigenvalue weighted by atomic mass is 79.9. The van der Waals surface area contributed by atoms with Crippen LogP contribution in [0.1, 0.15) is 17.4 Å². The summed E-state index contributed by atoms with van der Waals surface area (Å²) in [7, 11) is 0. The summed E-state index contributed by atoms with van der Waals surface area (Å²) in [4.78, 5) is 22.5. The molecule has 8 nitrogen and oxygen atoms in total. The van der Waals surface area contributed by atoms with Crippen LogP contribution in [0.25, 0.3) is 0 Å². The number of nitrogens with one attached hydrogen (secondary N) is 1. The molecule has 1 unspecified atom stereocenters. The van der Waals surface area contributed by atoms with Crippen molar-refractivity contribution in [2.24, 2.45) is 0 Å². The van der Waals surface area contributed by atoms with Crippen molar-refractivity contribution in [1.82, 2.24) is 20.3 Å². The first-order chi connectivity index (χ1) is 11.0. The highest BCUT2D eigenvalue weighted by Crippen LogP contribution is 2.24. The Morgan fingerprint density at radius 2 is 2.17 bits per heavy atom. The third-order valence-corrected chi connectivity index (χ3v) is 3.47. The van der Waals surface area contributed by atoms with E-state index >= 15 is 0 Å². The van der Waals surface area contributed by atoms with Gasteiger partial charge in [0.1, 0.15) is 18.4 Å². The zero-order valence-corrected chi connectivity index (χ0v) is 13.9. The fourth-order valence-corrected chi connectivity index (χ4v) is 2.11. The van der Waals surface area contributed by atoms with E-state index in [0.717, 1.165) is 9.15 Å². The minimum absolute atomic E-state index is 0.109. The SMILES string of the molecule is CC(CNC(=O)Cn1cc(C(=O)O)nn1)Oc1ccccc1Br. The smallest absolute Gasteiger partial charge is 0.358 e. The van der Waals surface area contributed by atoms with Gasteiger partial charge < -0.3 is 15.2 Å². The first-order valence-electron chi connectivity index (χ1n) is 6.77. The van der Waals surface area contributed by atoms with Crippen LogP contribution in [0.2, 0.25) is 0 Å². The molecular weight excluding hydrogens is 368 g/mol. The number of rotatable bonds is 7. The molecule has 2 N–H and O–H groups in total. The van der Waals surface area contributed by atoms with E-state index in [4.69, 9.17) is 9.84 Å². The van der Waals surface area contributed by atoms with Crippen molar-refractivity contribution >= 4 is 27.8 Å². The molecule has 0 fully saturated rings. The van der Waals surface area contributed by atoms with Crippen LogP contribution in [-0.4, -0.2) is 44.6 Å². The molecule has 1 aromatic carbocycles. The monoisotopic (exact) mass is 382 g/mol. The Morgan fingerprint density at radius 1 is 1.43 bits per heavy atom. The molecule has 0 bridgehead atoms. The van der Waals surface area contributed by atoms with Crippen LogP contribution in [-0.2, 0) is 11.3 Å². The largest absolute Gasteiger partial charge is 0.488 e. The normalized spacial score (nSPS) is 11.7. The molecule has 0 spiro atoms. The number of aromatic nitrogens is 3. The summed E-state index contributed by atoms with van der Waals surface area (Å²) in [6.45, 7) is 2.03. The van der Waals surface area contributed by atoms with Crippen molar-refractivity contribution in [2.75, 3.05) is 6.54 Å². The summed E-state index contributed by atoms with van der Waals surface area (Å²) in [5.41, 5.74) is -0.205. The third-order valence-electron chi connectivity index (χ3n) is 2.81. The number of hydrogen-bond acceptors (Lipinski definition) is 5. The molecule has 1 heterocycles. The Morgan fingerprint density at radius 3 is 2.83 bits per heavy atom. The summed E-state index contributed by atoms with van der Waals surface area (Å²) >= 11 is 3.38. The summed E-state index contributed by atoms with van der Waals surface area (Å²) in [5.74, 6) is -0.807. The van der Waals surface area contributed by atoms with Crippen LogP contribution in [0.5, 0.6) is 5.75 Å². The van der Waals surface area contributed by atoms with Crippen molar-refractivity contribution in [2.45, 2.75) is 19.6 Å². The van der Waals surface area contributed by atoms with Gasteiger partial charge in [0.05, 0.1) is 17.2 Å². The Hall–Kier alpha value is -2.42. The fourth-order valence-electron chi connectivity index (χ4n) is 1.73. The van der Waals surface area contributed by atoms with Crippen LogP contribution in [0.15, 0.2) is 34.9 Å². The summed E-state index contributed by atoms with van der Waals surface area (Å²) in [6, 6.07) is 7.43. The molecule has 23 heavy (non-hydrogen) atoms. The number of carbonyl (C=O) groups excluding carboxylic acids is 1. The summed E-state index contributed by atoms with van der Waals surface area (Å²) in [6.07, 6.45) is 0.964. The molecule has 1 atom stereocenters. The average molecular weight is 383 g/mol. The van der Waals surface area contributed by atoms with Gasteiger partial charge in [-0.3, -0.25) is 4.79 Å². The second kappa shape index (κ2) is 7.73. The number of para-hydroxylation sites is 1. The van der Waals surface area contributed by atoms with E-state index in [1.54, 1.807) is 0 Å². The minimum Gasteiger partial charge on any atom is -0.488 e. The zero-order chi connectivity index (χ0) is 16.8. The number of benzene rings is 1. The predicted molar refractivity (Wildman–Crippen MR) is 84.2 cm³/mol. The number of ether oxygens (including phenoxy) is 1. The molecule has 1 aromatic heterocycles. The van der Waals surface area contributed by atoms with Gasteiger partial charge in [-0.2, -0.15) is 0 Å². The maximum absolute atomic E-state index is 11.8. The van der Waals surface area contributed by atoms with Gasteiger partial charge in [0, 0.05) is 0 Å². The molecule has 2 rings (SSSR count). The van der Waals surface area contributed by atoms with Crippen LogP contribution >= 0.6 is 15.9 Å². The second-order valence-corrected chi connectivity index (χ2v) is 5.62. The maximum atomic E-state index is 11.8. The van der Waals surface area contributed by atoms with Crippen molar-refractivity contribution in [1.29, 1.82) is 0 Å². The first kappa shape index (κ1) is 16.9. The summed E-state index contributed by atoms with van der Waals surface area (Å²) < 4.78 is 7.71. The molecule has 9 heteroatoms. The van der Waals surface area contributed by atoms with Crippen molar-refractivity contribution < 1.29 is 19.4 Å². The topological polar surface area (TPSA) is 106 Å². The number of aromatic carboxylic acids is 1. The van der Waals surface area contributed by atoms with E-state index in [2.05, 4.69) is 31.6 Å². The van der Waals surface area contributed by atoms with Gasteiger partial charge >= 0.3 is 5.97 Å². The number of nitrogens with zero attached hydrogens (tertiary/aromatic N) is 3. The molecule has 0 aliphatic carbocycles. The average Bonchev–Trinajstić information content (AvgIpc) is 2.96. The lowest BCUT2D eigenvalue weighted by molar-refractivity contribution is -0.122. The lowest BCUT2D eigenvalue weighted by Crippen LogP contribution is -2.35. The third kappa shape index (κ3) is 5.06. The van der Waals surface area contributed by atoms with E-state index in [-0.39, 0.29) is 24.2 Å². The predicted octanol–water partition coefficient (Wildman–Crippen LogP) is 1.32. The van der Waals surface area contributed by atoms with Crippen molar-refractivity contribution in [3.63, 3.8) is 0 Å². The molecule has 0 aliphatic heterocycles. The molecule has 0 saturated heterocycles. The van der Waals surface area contributed by atoms with Gasteiger partial charge in [0.25, 0.3) is 0 Å². The molecule has 0 radical (unpaired) electrons. The van der Waals surface area contributed by atoms with Crippen LogP contribution in [0.3, 0.4) is 0 Å². The van der Waals surface area contributed by atoms with E-state index in [1.165, 1.54) is 6.20 Å². The molecule has 2 aromatic rings. The Bertz CT molecular complexity index is 704. The lowest BCUT2D eigenvalue weighted by atomic mass is 10.3. The Kier molecular flexibility index (Phi) is 5.69. The van der Waals surface area contributed by atoms with E-state index in [0.29, 0.717) is 12.3 Å². The van der Waals surface area contributed by atoms with Crippen LogP contribution in [0.4, 0.5) is 0 Å².